The Morgan fingerprint density at radius 3 is 2.21 bits per heavy atom. The number of esters is 1. The van der Waals surface area contributed by atoms with Crippen LogP contribution in [0.2, 0.25) is 10.0 Å². The van der Waals surface area contributed by atoms with Crippen LogP contribution < -0.4 is 0 Å². The molecule has 0 amide bonds. The van der Waals surface area contributed by atoms with Gasteiger partial charge in [-0.05, 0) is 23.8 Å². The lowest BCUT2D eigenvalue weighted by atomic mass is 10.2. The van der Waals surface area contributed by atoms with E-state index in [0.717, 1.165) is 5.56 Å². The Bertz CT molecular complexity index is 587. The molecule has 0 aromatic heterocycles. The molecule has 0 aliphatic heterocycles. The molecule has 0 radical (unpaired) electrons. The first-order chi connectivity index (χ1) is 9.18. The molecule has 0 aliphatic carbocycles. The smallest absolute Gasteiger partial charge is 0.345 e. The van der Waals surface area contributed by atoms with Crippen molar-refractivity contribution in [1.82, 2.24) is 0 Å². The second-order valence-corrected chi connectivity index (χ2v) is 4.53. The van der Waals surface area contributed by atoms with Crippen molar-refractivity contribution in [2.24, 2.45) is 0 Å². The highest BCUT2D eigenvalue weighted by Crippen LogP contribution is 2.25. The Balaban J connectivity index is 2.08. The molecule has 0 aliphatic rings. The SMILES string of the molecule is O=C(O/C=C/c1ccccc1)c1c(Cl)cccc1Cl. The minimum Gasteiger partial charge on any atom is -0.431 e. The number of rotatable bonds is 3. The monoisotopic (exact) mass is 292 g/mol. The lowest BCUT2D eigenvalue weighted by Gasteiger charge is -2.04. The molecule has 2 aromatic carbocycles. The molecule has 2 nitrogen and oxygen atoms in total. The summed E-state index contributed by atoms with van der Waals surface area (Å²) in [6.45, 7) is 0. The molecule has 0 spiro atoms. The highest BCUT2D eigenvalue weighted by Gasteiger charge is 2.14. The van der Waals surface area contributed by atoms with E-state index >= 15 is 0 Å². The van der Waals surface area contributed by atoms with Gasteiger partial charge < -0.3 is 4.74 Å². The molecule has 0 saturated carbocycles. The predicted octanol–water partition coefficient (Wildman–Crippen LogP) is 4.82. The number of benzene rings is 2. The zero-order valence-electron chi connectivity index (χ0n) is 9.85. The van der Waals surface area contributed by atoms with Crippen LogP contribution in [0.15, 0.2) is 54.8 Å². The van der Waals surface area contributed by atoms with Gasteiger partial charge in [-0.1, -0.05) is 59.6 Å². The fraction of sp³-hybridized carbons (Fsp3) is 0. The van der Waals surface area contributed by atoms with Gasteiger partial charge >= 0.3 is 5.97 Å². The minimum atomic E-state index is -0.581. The van der Waals surface area contributed by atoms with Crippen LogP contribution in [0, 0.1) is 0 Å². The summed E-state index contributed by atoms with van der Waals surface area (Å²) in [7, 11) is 0. The highest BCUT2D eigenvalue weighted by molar-refractivity contribution is 6.39. The fourth-order valence-corrected chi connectivity index (χ4v) is 2.04. The quantitative estimate of drug-likeness (QED) is 0.599. The van der Waals surface area contributed by atoms with E-state index in [-0.39, 0.29) is 15.6 Å². The van der Waals surface area contributed by atoms with Crippen molar-refractivity contribution in [3.63, 3.8) is 0 Å². The lowest BCUT2D eigenvalue weighted by molar-refractivity contribution is 0.0666. The molecular formula is C15H10Cl2O2. The number of carbonyl (C=O) groups is 1. The van der Waals surface area contributed by atoms with Crippen LogP contribution in [0.3, 0.4) is 0 Å². The summed E-state index contributed by atoms with van der Waals surface area (Å²) in [5.74, 6) is -0.581. The van der Waals surface area contributed by atoms with Crippen molar-refractivity contribution in [3.8, 4) is 0 Å². The Labute approximate surface area is 121 Å². The Morgan fingerprint density at radius 2 is 1.58 bits per heavy atom. The first-order valence-electron chi connectivity index (χ1n) is 5.55. The summed E-state index contributed by atoms with van der Waals surface area (Å²) in [6, 6.07) is 14.3. The molecule has 0 N–H and O–H groups in total. The molecule has 2 aromatic rings. The van der Waals surface area contributed by atoms with E-state index in [0.29, 0.717) is 0 Å². The van der Waals surface area contributed by atoms with Crippen LogP contribution in [0.5, 0.6) is 0 Å². The summed E-state index contributed by atoms with van der Waals surface area (Å²) in [5.41, 5.74) is 1.10. The van der Waals surface area contributed by atoms with Crippen LogP contribution in [0.1, 0.15) is 15.9 Å². The number of carbonyl (C=O) groups excluding carboxylic acids is 1. The Hall–Kier alpha value is -1.77. The van der Waals surface area contributed by atoms with Crippen LogP contribution in [-0.4, -0.2) is 5.97 Å². The maximum atomic E-state index is 11.8. The van der Waals surface area contributed by atoms with Gasteiger partial charge in [0.15, 0.2) is 0 Å². The molecular weight excluding hydrogens is 283 g/mol. The average Bonchev–Trinajstić information content (AvgIpc) is 2.40. The van der Waals surface area contributed by atoms with Gasteiger partial charge in [-0.15, -0.1) is 0 Å². The first kappa shape index (κ1) is 13.7. The van der Waals surface area contributed by atoms with Gasteiger partial charge in [0.25, 0.3) is 0 Å². The van der Waals surface area contributed by atoms with Crippen molar-refractivity contribution in [1.29, 1.82) is 0 Å². The molecule has 2 rings (SSSR count). The van der Waals surface area contributed by atoms with E-state index < -0.39 is 5.97 Å². The third-order valence-corrected chi connectivity index (χ3v) is 3.03. The van der Waals surface area contributed by atoms with Gasteiger partial charge in [0.05, 0.1) is 21.9 Å². The molecule has 0 fully saturated rings. The van der Waals surface area contributed by atoms with Crippen molar-refractivity contribution >= 4 is 35.2 Å². The standard InChI is InChI=1S/C15H10Cl2O2/c16-12-7-4-8-13(17)14(12)15(18)19-10-9-11-5-2-1-3-6-11/h1-10H/b10-9+. The highest BCUT2D eigenvalue weighted by atomic mass is 35.5. The van der Waals surface area contributed by atoms with Gasteiger partial charge in [0.1, 0.15) is 0 Å². The van der Waals surface area contributed by atoms with E-state index in [9.17, 15) is 4.79 Å². The minimum absolute atomic E-state index is 0.170. The third-order valence-electron chi connectivity index (χ3n) is 2.40. The normalized spacial score (nSPS) is 10.6. The predicted molar refractivity (Wildman–Crippen MR) is 77.4 cm³/mol. The van der Waals surface area contributed by atoms with E-state index in [2.05, 4.69) is 0 Å². The molecule has 0 bridgehead atoms. The topological polar surface area (TPSA) is 26.3 Å². The zero-order valence-corrected chi connectivity index (χ0v) is 11.4. The van der Waals surface area contributed by atoms with Gasteiger partial charge in [0.2, 0.25) is 0 Å². The number of hydrogen-bond donors (Lipinski definition) is 0. The summed E-state index contributed by atoms with van der Waals surface area (Å²) < 4.78 is 5.01. The second-order valence-electron chi connectivity index (χ2n) is 3.72. The largest absolute Gasteiger partial charge is 0.431 e. The van der Waals surface area contributed by atoms with Gasteiger partial charge in [-0.25, -0.2) is 4.79 Å². The van der Waals surface area contributed by atoms with Crippen LogP contribution in [-0.2, 0) is 4.74 Å². The molecule has 4 heteroatoms. The molecule has 0 saturated heterocycles. The van der Waals surface area contributed by atoms with Crippen molar-refractivity contribution in [2.75, 3.05) is 0 Å². The Morgan fingerprint density at radius 1 is 0.947 bits per heavy atom. The van der Waals surface area contributed by atoms with Crippen molar-refractivity contribution in [2.45, 2.75) is 0 Å². The zero-order chi connectivity index (χ0) is 13.7. The van der Waals surface area contributed by atoms with Gasteiger partial charge in [-0.3, -0.25) is 0 Å². The van der Waals surface area contributed by atoms with Gasteiger partial charge in [0, 0.05) is 0 Å². The van der Waals surface area contributed by atoms with Crippen molar-refractivity contribution < 1.29 is 9.53 Å². The summed E-state index contributed by atoms with van der Waals surface area (Å²) in [5, 5.41) is 0.538. The van der Waals surface area contributed by atoms with E-state index in [1.54, 1.807) is 24.3 Å². The van der Waals surface area contributed by atoms with Crippen LogP contribution >= 0.6 is 23.2 Å². The summed E-state index contributed by atoms with van der Waals surface area (Å²) in [6.07, 6.45) is 3.00. The van der Waals surface area contributed by atoms with Crippen LogP contribution in [0.25, 0.3) is 6.08 Å². The molecule has 19 heavy (non-hydrogen) atoms. The lowest BCUT2D eigenvalue weighted by Crippen LogP contribution is -2.02. The fourth-order valence-electron chi connectivity index (χ4n) is 1.49. The third kappa shape index (κ3) is 3.60. The molecule has 96 valence electrons. The maximum absolute atomic E-state index is 11.8. The Kier molecular flexibility index (Phi) is 4.61. The molecule has 0 unspecified atom stereocenters. The maximum Gasteiger partial charge on any atom is 0.345 e. The summed E-state index contributed by atoms with van der Waals surface area (Å²) >= 11 is 11.8. The molecule has 0 heterocycles. The van der Waals surface area contributed by atoms with E-state index in [4.69, 9.17) is 27.9 Å². The number of ether oxygens (including phenoxy) is 1. The average molecular weight is 293 g/mol. The van der Waals surface area contributed by atoms with Crippen molar-refractivity contribution in [3.05, 3.63) is 76.0 Å². The number of hydrogen-bond acceptors (Lipinski definition) is 2. The summed E-state index contributed by atoms with van der Waals surface area (Å²) in [4.78, 5) is 11.8. The van der Waals surface area contributed by atoms with Crippen LogP contribution in [0.4, 0.5) is 0 Å². The number of halogens is 2. The first-order valence-corrected chi connectivity index (χ1v) is 6.30. The molecule has 0 atom stereocenters. The van der Waals surface area contributed by atoms with E-state index in [1.165, 1.54) is 6.26 Å². The second kappa shape index (κ2) is 6.41. The van der Waals surface area contributed by atoms with Gasteiger partial charge in [-0.2, -0.15) is 0 Å². The van der Waals surface area contributed by atoms with E-state index in [1.807, 2.05) is 30.3 Å².